The van der Waals surface area contributed by atoms with Crippen LogP contribution in [0.15, 0.2) is 18.2 Å². The number of hydrogen-bond acceptors (Lipinski definition) is 7. The summed E-state index contributed by atoms with van der Waals surface area (Å²) in [5.41, 5.74) is -0.220. The predicted octanol–water partition coefficient (Wildman–Crippen LogP) is 2.60. The van der Waals surface area contributed by atoms with Crippen molar-refractivity contribution in [3.63, 3.8) is 0 Å². The molecule has 0 saturated carbocycles. The minimum absolute atomic E-state index is 0.197. The lowest BCUT2D eigenvalue weighted by Crippen LogP contribution is -2.45. The van der Waals surface area contributed by atoms with Crippen LogP contribution in [0.3, 0.4) is 0 Å². The molecule has 1 heterocycles. The Kier molecular flexibility index (Phi) is 7.33. The summed E-state index contributed by atoms with van der Waals surface area (Å²) in [7, 11) is 2.22. The van der Waals surface area contributed by atoms with Gasteiger partial charge in [-0.3, -0.25) is 0 Å². The highest BCUT2D eigenvalue weighted by atomic mass is 16.7. The number of ether oxygens (including phenoxy) is 3. The van der Waals surface area contributed by atoms with Gasteiger partial charge in [-0.05, 0) is 60.1 Å². The van der Waals surface area contributed by atoms with Crippen LogP contribution in [-0.2, 0) is 30.0 Å². The molecule has 1 aromatic rings. The first-order valence-corrected chi connectivity index (χ1v) is 10.3. The van der Waals surface area contributed by atoms with Crippen molar-refractivity contribution in [3.05, 3.63) is 23.8 Å². The average Bonchev–Trinajstić information content (AvgIpc) is 2.86. The van der Waals surface area contributed by atoms with Crippen LogP contribution < -0.4 is 15.5 Å². The highest BCUT2D eigenvalue weighted by molar-refractivity contribution is 6.63. The van der Waals surface area contributed by atoms with Crippen LogP contribution in [0.4, 0.5) is 4.79 Å². The first-order valence-electron chi connectivity index (χ1n) is 10.3. The number of methoxy groups -OCH3 is 2. The smallest absolute Gasteiger partial charge is 0.497 e. The quantitative estimate of drug-likeness (QED) is 0.543. The van der Waals surface area contributed by atoms with Crippen LogP contribution in [0.1, 0.15) is 54.0 Å². The van der Waals surface area contributed by atoms with Crippen molar-refractivity contribution in [1.82, 2.24) is 5.32 Å². The van der Waals surface area contributed by atoms with Gasteiger partial charge in [0.1, 0.15) is 17.4 Å². The fourth-order valence-corrected chi connectivity index (χ4v) is 3.09. The number of carbonyl (C=O) groups is 2. The van der Waals surface area contributed by atoms with E-state index in [1.807, 2.05) is 39.8 Å². The molecule has 0 bridgehead atoms. The van der Waals surface area contributed by atoms with Gasteiger partial charge >= 0.3 is 19.2 Å². The standard InChI is InChI=1S/C22H34BNO7/c1-20(2,3)29-19(26)24-16(18(25)28-9)13-14-10-11-17(27-8)15(12-14)23-30-21(4,5)22(6,7)31-23/h10-12,16H,13H2,1-9H3,(H,24,26)/t16-/m1/s1. The first-order chi connectivity index (χ1) is 14.2. The molecule has 1 fully saturated rings. The molecule has 0 aromatic heterocycles. The van der Waals surface area contributed by atoms with Crippen LogP contribution in [0.25, 0.3) is 0 Å². The molecule has 2 rings (SSSR count). The Morgan fingerprint density at radius 3 is 2.16 bits per heavy atom. The van der Waals surface area contributed by atoms with Crippen LogP contribution in [0, 0.1) is 0 Å². The Balaban J connectivity index is 2.28. The topological polar surface area (TPSA) is 92.3 Å². The summed E-state index contributed by atoms with van der Waals surface area (Å²) in [4.78, 5) is 24.5. The number of amides is 1. The predicted molar refractivity (Wildman–Crippen MR) is 118 cm³/mol. The average molecular weight is 435 g/mol. The normalized spacial score (nSPS) is 18.3. The van der Waals surface area contributed by atoms with E-state index in [2.05, 4.69) is 5.32 Å². The van der Waals surface area contributed by atoms with E-state index in [0.717, 1.165) is 5.56 Å². The highest BCUT2D eigenvalue weighted by Gasteiger charge is 2.52. The van der Waals surface area contributed by atoms with Crippen molar-refractivity contribution in [1.29, 1.82) is 0 Å². The van der Waals surface area contributed by atoms with Gasteiger partial charge in [0.2, 0.25) is 0 Å². The third-order valence-corrected chi connectivity index (χ3v) is 5.42. The second kappa shape index (κ2) is 9.08. The first kappa shape index (κ1) is 25.0. The molecule has 0 spiro atoms. The summed E-state index contributed by atoms with van der Waals surface area (Å²) < 4.78 is 27.9. The molecule has 0 unspecified atom stereocenters. The van der Waals surface area contributed by atoms with Gasteiger partial charge in [0.05, 0.1) is 25.4 Å². The zero-order chi connectivity index (χ0) is 23.6. The van der Waals surface area contributed by atoms with E-state index in [9.17, 15) is 9.59 Å². The van der Waals surface area contributed by atoms with E-state index in [4.69, 9.17) is 23.5 Å². The fourth-order valence-electron chi connectivity index (χ4n) is 3.09. The van der Waals surface area contributed by atoms with Gasteiger partial charge in [-0.15, -0.1) is 0 Å². The fraction of sp³-hybridized carbons (Fsp3) is 0.636. The van der Waals surface area contributed by atoms with Crippen LogP contribution in [0.2, 0.25) is 0 Å². The van der Waals surface area contributed by atoms with Gasteiger partial charge in [-0.25, -0.2) is 9.59 Å². The molecule has 1 amide bonds. The molecule has 1 aliphatic rings. The van der Waals surface area contributed by atoms with Crippen molar-refractivity contribution in [3.8, 4) is 5.75 Å². The van der Waals surface area contributed by atoms with Crippen LogP contribution in [-0.4, -0.2) is 56.2 Å². The Hall–Kier alpha value is -2.26. The number of alkyl carbamates (subject to hydrolysis) is 1. The van der Waals surface area contributed by atoms with E-state index >= 15 is 0 Å². The third-order valence-electron chi connectivity index (χ3n) is 5.42. The Morgan fingerprint density at radius 1 is 1.10 bits per heavy atom. The molecule has 1 aromatic carbocycles. The molecule has 1 aliphatic heterocycles. The van der Waals surface area contributed by atoms with Crippen LogP contribution >= 0.6 is 0 Å². The van der Waals surface area contributed by atoms with Gasteiger partial charge in [-0.1, -0.05) is 12.1 Å². The molecule has 1 N–H and O–H groups in total. The van der Waals surface area contributed by atoms with Gasteiger partial charge in [0.15, 0.2) is 0 Å². The lowest BCUT2D eigenvalue weighted by atomic mass is 9.77. The molecule has 31 heavy (non-hydrogen) atoms. The van der Waals surface area contributed by atoms with Crippen molar-refractivity contribution < 1.29 is 33.1 Å². The van der Waals surface area contributed by atoms with E-state index < -0.39 is 42.0 Å². The Labute approximate surface area is 185 Å². The summed E-state index contributed by atoms with van der Waals surface area (Å²) in [5.74, 6) is 0.0378. The molecule has 0 aliphatic carbocycles. The third kappa shape index (κ3) is 6.14. The molecule has 9 heteroatoms. The molecule has 172 valence electrons. The maximum Gasteiger partial charge on any atom is 0.498 e. The minimum atomic E-state index is -0.917. The zero-order valence-electron chi connectivity index (χ0n) is 20.0. The monoisotopic (exact) mass is 435 g/mol. The lowest BCUT2D eigenvalue weighted by Gasteiger charge is -2.32. The van der Waals surface area contributed by atoms with E-state index in [0.29, 0.717) is 11.2 Å². The number of nitrogens with one attached hydrogen (secondary N) is 1. The minimum Gasteiger partial charge on any atom is -0.497 e. The van der Waals surface area contributed by atoms with Crippen LogP contribution in [0.5, 0.6) is 5.75 Å². The Bertz CT molecular complexity index is 801. The van der Waals surface area contributed by atoms with Crippen molar-refractivity contribution in [2.45, 2.75) is 77.7 Å². The molecular weight excluding hydrogens is 401 g/mol. The van der Waals surface area contributed by atoms with E-state index in [1.165, 1.54) is 7.11 Å². The number of carbonyl (C=O) groups excluding carboxylic acids is 2. The molecule has 0 radical (unpaired) electrons. The second-order valence-corrected chi connectivity index (χ2v) is 9.59. The Morgan fingerprint density at radius 2 is 1.68 bits per heavy atom. The highest BCUT2D eigenvalue weighted by Crippen LogP contribution is 2.37. The summed E-state index contributed by atoms with van der Waals surface area (Å²) in [6.07, 6.45) is -0.495. The molecular formula is C22H34BNO7. The number of hydrogen-bond donors (Lipinski definition) is 1. The number of rotatable bonds is 6. The molecule has 1 atom stereocenters. The van der Waals surface area contributed by atoms with Gasteiger partial charge < -0.3 is 28.8 Å². The summed E-state index contributed by atoms with van der Waals surface area (Å²) in [6, 6.07) is 4.55. The SMILES string of the molecule is COC(=O)[C@@H](Cc1ccc(OC)c(B2OC(C)(C)C(C)(C)O2)c1)NC(=O)OC(C)(C)C. The maximum atomic E-state index is 12.3. The van der Waals surface area contributed by atoms with Crippen molar-refractivity contribution >= 4 is 24.6 Å². The number of esters is 1. The van der Waals surface area contributed by atoms with Crippen molar-refractivity contribution in [2.24, 2.45) is 0 Å². The molecule has 8 nitrogen and oxygen atoms in total. The second-order valence-electron chi connectivity index (χ2n) is 9.59. The zero-order valence-corrected chi connectivity index (χ0v) is 20.0. The summed E-state index contributed by atoms with van der Waals surface area (Å²) >= 11 is 0. The van der Waals surface area contributed by atoms with Gasteiger partial charge in [-0.2, -0.15) is 0 Å². The maximum absolute atomic E-state index is 12.3. The summed E-state index contributed by atoms with van der Waals surface area (Å²) in [6.45, 7) is 13.1. The van der Waals surface area contributed by atoms with Crippen molar-refractivity contribution in [2.75, 3.05) is 14.2 Å². The summed E-state index contributed by atoms with van der Waals surface area (Å²) in [5, 5.41) is 2.59. The van der Waals surface area contributed by atoms with E-state index in [1.54, 1.807) is 33.9 Å². The van der Waals surface area contributed by atoms with E-state index in [-0.39, 0.29) is 6.42 Å². The lowest BCUT2D eigenvalue weighted by molar-refractivity contribution is -0.143. The number of benzene rings is 1. The van der Waals surface area contributed by atoms with Gasteiger partial charge in [0.25, 0.3) is 0 Å². The van der Waals surface area contributed by atoms with Gasteiger partial charge in [0, 0.05) is 11.9 Å². The largest absolute Gasteiger partial charge is 0.498 e. The molecule has 1 saturated heterocycles.